The minimum atomic E-state index is 0.701. The van der Waals surface area contributed by atoms with Crippen LogP contribution in [0.2, 0.25) is 5.02 Å². The van der Waals surface area contributed by atoms with Gasteiger partial charge in [-0.1, -0.05) is 11.6 Å². The molecule has 0 spiro atoms. The molecule has 3 nitrogen and oxygen atoms in total. The van der Waals surface area contributed by atoms with Crippen molar-refractivity contribution >= 4 is 39.5 Å². The lowest BCUT2D eigenvalue weighted by Crippen LogP contribution is -1.99. The number of pyridine rings is 1. The molecule has 3 rings (SSSR count). The summed E-state index contributed by atoms with van der Waals surface area (Å²) in [6, 6.07) is 7.68. The third kappa shape index (κ3) is 2.30. The molecular formula is C13H10ClN3S. The lowest BCUT2D eigenvalue weighted by Gasteiger charge is -2.08. The highest BCUT2D eigenvalue weighted by Crippen LogP contribution is 2.24. The maximum atomic E-state index is 5.96. The lowest BCUT2D eigenvalue weighted by molar-refractivity contribution is 1.11. The number of anilines is 1. The molecule has 0 fully saturated rings. The van der Waals surface area contributed by atoms with E-state index in [9.17, 15) is 0 Å². The summed E-state index contributed by atoms with van der Waals surface area (Å²) in [6.45, 7) is 0.722. The van der Waals surface area contributed by atoms with Crippen LogP contribution in [0.25, 0.3) is 10.9 Å². The SMILES string of the molecule is Clc1ccc2c(NCc3nccs3)ccnc2c1. The van der Waals surface area contributed by atoms with Gasteiger partial charge < -0.3 is 5.32 Å². The van der Waals surface area contributed by atoms with Gasteiger partial charge in [-0.25, -0.2) is 4.98 Å². The van der Waals surface area contributed by atoms with E-state index in [0.29, 0.717) is 5.02 Å². The summed E-state index contributed by atoms with van der Waals surface area (Å²) < 4.78 is 0. The fraction of sp³-hybridized carbons (Fsp3) is 0.0769. The molecule has 90 valence electrons. The first-order valence-corrected chi connectivity index (χ1v) is 6.75. The minimum Gasteiger partial charge on any atom is -0.378 e. The Morgan fingerprint density at radius 2 is 2.11 bits per heavy atom. The number of nitrogens with one attached hydrogen (secondary N) is 1. The molecule has 0 aliphatic carbocycles. The molecule has 18 heavy (non-hydrogen) atoms. The van der Waals surface area contributed by atoms with Crippen LogP contribution < -0.4 is 5.32 Å². The third-order valence-electron chi connectivity index (χ3n) is 2.62. The van der Waals surface area contributed by atoms with Gasteiger partial charge in [0, 0.05) is 33.9 Å². The van der Waals surface area contributed by atoms with Crippen molar-refractivity contribution in [1.82, 2.24) is 9.97 Å². The second-order valence-electron chi connectivity index (χ2n) is 3.80. The van der Waals surface area contributed by atoms with Gasteiger partial charge in [0.05, 0.1) is 12.1 Å². The van der Waals surface area contributed by atoms with E-state index < -0.39 is 0 Å². The van der Waals surface area contributed by atoms with E-state index in [1.165, 1.54) is 0 Å². The van der Waals surface area contributed by atoms with Gasteiger partial charge in [-0.2, -0.15) is 0 Å². The maximum absolute atomic E-state index is 5.96. The van der Waals surface area contributed by atoms with E-state index in [1.54, 1.807) is 17.5 Å². The molecule has 0 saturated carbocycles. The topological polar surface area (TPSA) is 37.8 Å². The fourth-order valence-corrected chi connectivity index (χ4v) is 2.51. The monoisotopic (exact) mass is 275 g/mol. The zero-order valence-corrected chi connectivity index (χ0v) is 11.0. The molecular weight excluding hydrogens is 266 g/mol. The third-order valence-corrected chi connectivity index (χ3v) is 3.63. The predicted molar refractivity (Wildman–Crippen MR) is 76.2 cm³/mol. The normalized spacial score (nSPS) is 10.7. The molecule has 3 aromatic rings. The van der Waals surface area contributed by atoms with Crippen molar-refractivity contribution < 1.29 is 0 Å². The van der Waals surface area contributed by atoms with Gasteiger partial charge in [0.2, 0.25) is 0 Å². The molecule has 2 aromatic heterocycles. The fourth-order valence-electron chi connectivity index (χ4n) is 1.79. The van der Waals surface area contributed by atoms with Crippen molar-refractivity contribution in [2.75, 3.05) is 5.32 Å². The number of fused-ring (bicyclic) bond motifs is 1. The summed E-state index contributed by atoms with van der Waals surface area (Å²) in [5.41, 5.74) is 1.94. The van der Waals surface area contributed by atoms with E-state index in [-0.39, 0.29) is 0 Å². The smallest absolute Gasteiger partial charge is 0.112 e. The van der Waals surface area contributed by atoms with Crippen LogP contribution in [0.15, 0.2) is 42.0 Å². The summed E-state index contributed by atoms with van der Waals surface area (Å²) >= 11 is 7.60. The largest absolute Gasteiger partial charge is 0.378 e. The van der Waals surface area contributed by atoms with E-state index in [0.717, 1.165) is 28.1 Å². The summed E-state index contributed by atoms with van der Waals surface area (Å²) in [5, 5.41) is 8.18. The summed E-state index contributed by atoms with van der Waals surface area (Å²) in [7, 11) is 0. The maximum Gasteiger partial charge on any atom is 0.112 e. The van der Waals surface area contributed by atoms with E-state index in [2.05, 4.69) is 15.3 Å². The van der Waals surface area contributed by atoms with Gasteiger partial charge in [-0.05, 0) is 24.3 Å². The number of benzene rings is 1. The Morgan fingerprint density at radius 1 is 1.17 bits per heavy atom. The van der Waals surface area contributed by atoms with Crippen LogP contribution in [0.3, 0.4) is 0 Å². The summed E-state index contributed by atoms with van der Waals surface area (Å²) in [5.74, 6) is 0. The van der Waals surface area contributed by atoms with Crippen LogP contribution in [0.5, 0.6) is 0 Å². The van der Waals surface area contributed by atoms with Crippen molar-refractivity contribution in [2.24, 2.45) is 0 Å². The summed E-state index contributed by atoms with van der Waals surface area (Å²) in [6.07, 6.45) is 3.59. The van der Waals surface area contributed by atoms with Crippen molar-refractivity contribution in [1.29, 1.82) is 0 Å². The Bertz CT molecular complexity index is 667. The van der Waals surface area contributed by atoms with E-state index >= 15 is 0 Å². The van der Waals surface area contributed by atoms with Crippen molar-refractivity contribution in [3.8, 4) is 0 Å². The van der Waals surface area contributed by atoms with Crippen LogP contribution in [0.1, 0.15) is 5.01 Å². The van der Waals surface area contributed by atoms with E-state index in [4.69, 9.17) is 11.6 Å². The standard InChI is InChI=1S/C13H10ClN3S/c14-9-1-2-10-11(3-4-15-12(10)7-9)17-8-13-16-5-6-18-13/h1-7H,8H2,(H,15,17). The molecule has 0 radical (unpaired) electrons. The number of thiazole rings is 1. The minimum absolute atomic E-state index is 0.701. The van der Waals surface area contributed by atoms with Gasteiger partial charge in [-0.15, -0.1) is 11.3 Å². The van der Waals surface area contributed by atoms with Gasteiger partial charge in [-0.3, -0.25) is 4.98 Å². The molecule has 0 bridgehead atoms. The molecule has 0 aliphatic rings. The molecule has 5 heteroatoms. The van der Waals surface area contributed by atoms with Crippen molar-refractivity contribution in [3.63, 3.8) is 0 Å². The number of nitrogens with zero attached hydrogens (tertiary/aromatic N) is 2. The zero-order chi connectivity index (χ0) is 12.4. The predicted octanol–water partition coefficient (Wildman–Crippen LogP) is 3.96. The molecule has 0 atom stereocenters. The van der Waals surface area contributed by atoms with Gasteiger partial charge in [0.25, 0.3) is 0 Å². The average Bonchev–Trinajstić information content (AvgIpc) is 2.89. The first-order valence-electron chi connectivity index (χ1n) is 5.49. The van der Waals surface area contributed by atoms with Gasteiger partial charge in [0.1, 0.15) is 5.01 Å². The Balaban J connectivity index is 1.92. The highest BCUT2D eigenvalue weighted by molar-refractivity contribution is 7.09. The van der Waals surface area contributed by atoms with Crippen LogP contribution in [0, 0.1) is 0 Å². The highest BCUT2D eigenvalue weighted by atomic mass is 35.5. The number of hydrogen-bond donors (Lipinski definition) is 1. The molecule has 1 N–H and O–H groups in total. The van der Waals surface area contributed by atoms with Crippen molar-refractivity contribution in [3.05, 3.63) is 52.1 Å². The quantitative estimate of drug-likeness (QED) is 0.786. The second-order valence-corrected chi connectivity index (χ2v) is 5.21. The summed E-state index contributed by atoms with van der Waals surface area (Å²) in [4.78, 5) is 8.55. The second kappa shape index (κ2) is 4.92. The van der Waals surface area contributed by atoms with Gasteiger partial charge in [0.15, 0.2) is 0 Å². The molecule has 2 heterocycles. The number of aromatic nitrogens is 2. The van der Waals surface area contributed by atoms with Crippen LogP contribution in [-0.4, -0.2) is 9.97 Å². The first-order chi connectivity index (χ1) is 8.83. The van der Waals surface area contributed by atoms with Crippen LogP contribution >= 0.6 is 22.9 Å². The van der Waals surface area contributed by atoms with Crippen molar-refractivity contribution in [2.45, 2.75) is 6.54 Å². The van der Waals surface area contributed by atoms with E-state index in [1.807, 2.05) is 35.8 Å². The lowest BCUT2D eigenvalue weighted by atomic mass is 10.2. The molecule has 0 aliphatic heterocycles. The molecule has 0 saturated heterocycles. The molecule has 0 unspecified atom stereocenters. The Hall–Kier alpha value is -1.65. The molecule has 0 amide bonds. The number of halogens is 1. The van der Waals surface area contributed by atoms with Crippen LogP contribution in [-0.2, 0) is 6.54 Å². The Morgan fingerprint density at radius 3 is 2.94 bits per heavy atom. The zero-order valence-electron chi connectivity index (χ0n) is 9.43. The number of rotatable bonds is 3. The average molecular weight is 276 g/mol. The Kier molecular flexibility index (Phi) is 3.13. The van der Waals surface area contributed by atoms with Crippen LogP contribution in [0.4, 0.5) is 5.69 Å². The first kappa shape index (κ1) is 11.4. The highest BCUT2D eigenvalue weighted by Gasteiger charge is 2.03. The molecule has 1 aromatic carbocycles. The number of hydrogen-bond acceptors (Lipinski definition) is 4. The Labute approximate surface area is 113 Å². The van der Waals surface area contributed by atoms with Gasteiger partial charge >= 0.3 is 0 Å².